The molecule has 5 aromatic carbocycles. The van der Waals surface area contributed by atoms with Crippen LogP contribution in [0.5, 0.6) is 17.2 Å². The SMILES string of the molecule is COC(=O)c1ccccc1C(=O)Oc1ccc(C(C)(C)c2ccc(OC(=O)Oc3ccc(C(C)(C)c4ccc(C)cc4)cc3)cc2)cc1. The molecule has 0 saturated heterocycles. The van der Waals surface area contributed by atoms with E-state index in [4.69, 9.17) is 18.9 Å². The van der Waals surface area contributed by atoms with Crippen LogP contribution in [-0.2, 0) is 15.6 Å². The van der Waals surface area contributed by atoms with E-state index in [2.05, 4.69) is 58.9 Å². The van der Waals surface area contributed by atoms with Crippen molar-refractivity contribution in [3.05, 3.63) is 160 Å². The van der Waals surface area contributed by atoms with Gasteiger partial charge in [0.15, 0.2) is 0 Å². The van der Waals surface area contributed by atoms with Gasteiger partial charge in [-0.3, -0.25) is 0 Å². The van der Waals surface area contributed by atoms with Gasteiger partial charge in [-0.15, -0.1) is 0 Å². The summed E-state index contributed by atoms with van der Waals surface area (Å²) in [5.41, 5.74) is 5.08. The summed E-state index contributed by atoms with van der Waals surface area (Å²) in [4.78, 5) is 37.4. The lowest BCUT2D eigenvalue weighted by molar-refractivity contribution is 0.0587. The molecule has 0 aliphatic carbocycles. The molecule has 48 heavy (non-hydrogen) atoms. The largest absolute Gasteiger partial charge is 0.519 e. The van der Waals surface area contributed by atoms with E-state index in [1.165, 1.54) is 30.4 Å². The lowest BCUT2D eigenvalue weighted by Gasteiger charge is -2.26. The maximum absolute atomic E-state index is 12.8. The van der Waals surface area contributed by atoms with E-state index >= 15 is 0 Å². The highest BCUT2D eigenvalue weighted by Gasteiger charge is 2.25. The molecule has 5 rings (SSSR count). The molecule has 0 saturated carbocycles. The van der Waals surface area contributed by atoms with Crippen LogP contribution in [0.1, 0.15) is 76.2 Å². The molecular weight excluding hydrogens is 604 g/mol. The molecule has 244 valence electrons. The number of benzene rings is 5. The van der Waals surface area contributed by atoms with E-state index in [1.807, 2.05) is 36.4 Å². The predicted octanol–water partition coefficient (Wildman–Crippen LogP) is 9.23. The lowest BCUT2D eigenvalue weighted by Crippen LogP contribution is -2.19. The van der Waals surface area contributed by atoms with Gasteiger partial charge < -0.3 is 18.9 Å². The van der Waals surface area contributed by atoms with Gasteiger partial charge >= 0.3 is 18.1 Å². The lowest BCUT2D eigenvalue weighted by atomic mass is 9.78. The van der Waals surface area contributed by atoms with Crippen molar-refractivity contribution in [3.8, 4) is 17.2 Å². The highest BCUT2D eigenvalue weighted by atomic mass is 16.7. The van der Waals surface area contributed by atoms with Gasteiger partial charge in [-0.2, -0.15) is 0 Å². The Morgan fingerprint density at radius 2 is 0.792 bits per heavy atom. The van der Waals surface area contributed by atoms with Crippen LogP contribution in [0.2, 0.25) is 0 Å². The topological polar surface area (TPSA) is 88.1 Å². The van der Waals surface area contributed by atoms with Crippen molar-refractivity contribution < 1.29 is 33.3 Å². The summed E-state index contributed by atoms with van der Waals surface area (Å²) >= 11 is 0. The fourth-order valence-electron chi connectivity index (χ4n) is 5.45. The van der Waals surface area contributed by atoms with E-state index in [9.17, 15) is 14.4 Å². The first-order valence-corrected chi connectivity index (χ1v) is 15.6. The Bertz CT molecular complexity index is 1900. The summed E-state index contributed by atoms with van der Waals surface area (Å²) in [5.74, 6) is -0.187. The van der Waals surface area contributed by atoms with Gasteiger partial charge in [0.05, 0.1) is 18.2 Å². The third-order valence-electron chi connectivity index (χ3n) is 8.67. The monoisotopic (exact) mass is 642 g/mol. The zero-order chi connectivity index (χ0) is 34.5. The Morgan fingerprint density at radius 1 is 0.458 bits per heavy atom. The Kier molecular flexibility index (Phi) is 9.80. The maximum Gasteiger partial charge on any atom is 0.519 e. The van der Waals surface area contributed by atoms with Crippen molar-refractivity contribution in [3.63, 3.8) is 0 Å². The molecule has 7 nitrogen and oxygen atoms in total. The highest BCUT2D eigenvalue weighted by molar-refractivity contribution is 6.03. The Labute approximate surface area is 281 Å². The van der Waals surface area contributed by atoms with Crippen molar-refractivity contribution >= 4 is 18.1 Å². The summed E-state index contributed by atoms with van der Waals surface area (Å²) in [5, 5.41) is 0. The molecule has 0 atom stereocenters. The van der Waals surface area contributed by atoms with Gasteiger partial charge in [0.1, 0.15) is 17.2 Å². The summed E-state index contributed by atoms with van der Waals surface area (Å²) in [7, 11) is 1.26. The average molecular weight is 643 g/mol. The van der Waals surface area contributed by atoms with Crippen molar-refractivity contribution in [2.75, 3.05) is 7.11 Å². The Balaban J connectivity index is 1.19. The zero-order valence-corrected chi connectivity index (χ0v) is 27.9. The molecule has 0 bridgehead atoms. The fourth-order valence-corrected chi connectivity index (χ4v) is 5.45. The molecule has 0 heterocycles. The number of hydrogen-bond donors (Lipinski definition) is 0. The molecule has 7 heteroatoms. The van der Waals surface area contributed by atoms with E-state index in [0.717, 1.165) is 16.7 Å². The number of aryl methyl sites for hydroxylation is 1. The van der Waals surface area contributed by atoms with Crippen molar-refractivity contribution in [2.45, 2.75) is 45.4 Å². The van der Waals surface area contributed by atoms with Crippen LogP contribution in [0.4, 0.5) is 4.79 Å². The quantitative estimate of drug-likeness (QED) is 0.0900. The van der Waals surface area contributed by atoms with Crippen LogP contribution >= 0.6 is 0 Å². The third-order valence-corrected chi connectivity index (χ3v) is 8.67. The van der Waals surface area contributed by atoms with Crippen LogP contribution in [0.3, 0.4) is 0 Å². The predicted molar refractivity (Wildman–Crippen MR) is 184 cm³/mol. The molecule has 5 aromatic rings. The number of carbonyl (C=O) groups excluding carboxylic acids is 3. The van der Waals surface area contributed by atoms with Gasteiger partial charge in [0.2, 0.25) is 0 Å². The second kappa shape index (κ2) is 14.0. The maximum atomic E-state index is 12.8. The third kappa shape index (κ3) is 7.47. The summed E-state index contributed by atoms with van der Waals surface area (Å²) in [6.45, 7) is 10.5. The van der Waals surface area contributed by atoms with Gasteiger partial charge in [0, 0.05) is 10.8 Å². The molecule has 0 N–H and O–H groups in total. The van der Waals surface area contributed by atoms with E-state index in [-0.39, 0.29) is 16.5 Å². The number of carbonyl (C=O) groups is 3. The smallest absolute Gasteiger partial charge is 0.465 e. The van der Waals surface area contributed by atoms with Gasteiger partial charge in [-0.25, -0.2) is 14.4 Å². The molecule has 0 fully saturated rings. The minimum absolute atomic E-state index is 0.121. The Hall–Kier alpha value is -5.69. The molecule has 0 amide bonds. The number of hydrogen-bond acceptors (Lipinski definition) is 7. The van der Waals surface area contributed by atoms with Gasteiger partial charge in [-0.1, -0.05) is 106 Å². The molecule has 0 aliphatic rings. The zero-order valence-electron chi connectivity index (χ0n) is 27.9. The van der Waals surface area contributed by atoms with Crippen molar-refractivity contribution in [1.82, 2.24) is 0 Å². The first-order chi connectivity index (χ1) is 22.9. The summed E-state index contributed by atoms with van der Waals surface area (Å²) in [6, 6.07) is 36.7. The molecular formula is C41H38O7. The molecule has 0 aromatic heterocycles. The Morgan fingerprint density at radius 3 is 1.17 bits per heavy atom. The molecule has 0 radical (unpaired) electrons. The van der Waals surface area contributed by atoms with Gasteiger partial charge in [0.25, 0.3) is 0 Å². The van der Waals surface area contributed by atoms with E-state index in [1.54, 1.807) is 48.5 Å². The van der Waals surface area contributed by atoms with Crippen LogP contribution in [0, 0.1) is 6.92 Å². The summed E-state index contributed by atoms with van der Waals surface area (Å²) < 4.78 is 21.2. The van der Waals surface area contributed by atoms with Crippen LogP contribution in [0.15, 0.2) is 121 Å². The molecule has 0 spiro atoms. The second-order valence-electron chi connectivity index (χ2n) is 12.6. The number of rotatable bonds is 9. The molecule has 0 aliphatic heterocycles. The summed E-state index contributed by atoms with van der Waals surface area (Å²) in [6.07, 6.45) is -0.827. The highest BCUT2D eigenvalue weighted by Crippen LogP contribution is 2.35. The van der Waals surface area contributed by atoms with Crippen molar-refractivity contribution in [1.29, 1.82) is 0 Å². The van der Waals surface area contributed by atoms with E-state index < -0.39 is 23.5 Å². The first-order valence-electron chi connectivity index (χ1n) is 15.6. The van der Waals surface area contributed by atoms with E-state index in [0.29, 0.717) is 17.2 Å². The first kappa shape index (κ1) is 33.7. The normalized spacial score (nSPS) is 11.4. The van der Waals surface area contributed by atoms with Gasteiger partial charge in [-0.05, 0) is 77.7 Å². The fraction of sp³-hybridized carbons (Fsp3) is 0.195. The second-order valence-corrected chi connectivity index (χ2v) is 12.6. The number of methoxy groups -OCH3 is 1. The van der Waals surface area contributed by atoms with Crippen LogP contribution in [-0.4, -0.2) is 25.2 Å². The number of ether oxygens (including phenoxy) is 4. The van der Waals surface area contributed by atoms with Crippen LogP contribution in [0.25, 0.3) is 0 Å². The van der Waals surface area contributed by atoms with Crippen molar-refractivity contribution in [2.24, 2.45) is 0 Å². The minimum Gasteiger partial charge on any atom is -0.465 e. The van der Waals surface area contributed by atoms with Crippen LogP contribution < -0.4 is 14.2 Å². The number of esters is 2. The minimum atomic E-state index is -0.827. The average Bonchev–Trinajstić information content (AvgIpc) is 3.08. The molecule has 0 unspecified atom stereocenters. The standard InChI is InChI=1S/C41H38O7/c1-27-11-13-28(14-12-27)40(2,3)30-17-23-33(24-18-30)47-39(44)48-34-25-19-31(20-26-34)41(4,5)29-15-21-32(22-16-29)46-38(43)36-10-8-7-9-35(36)37(42)45-6/h7-26H,1-6H3.